The lowest BCUT2D eigenvalue weighted by Gasteiger charge is -2.24. The fourth-order valence-electron chi connectivity index (χ4n) is 2.73. The van der Waals surface area contributed by atoms with Crippen LogP contribution in [0.2, 0.25) is 0 Å². The van der Waals surface area contributed by atoms with Crippen molar-refractivity contribution < 1.29 is 4.74 Å². The Bertz CT molecular complexity index is 377. The maximum atomic E-state index is 5.92. The number of nitrogens with two attached hydrogens (primary N) is 1. The van der Waals surface area contributed by atoms with Gasteiger partial charge in [-0.3, -0.25) is 0 Å². The Morgan fingerprint density at radius 1 is 1.47 bits per heavy atom. The molecule has 0 aliphatic heterocycles. The molecular weight excluding hydrogens is 238 g/mol. The molecule has 1 aromatic heterocycles. The quantitative estimate of drug-likeness (QED) is 0.794. The monoisotopic (exact) mass is 263 g/mol. The van der Waals surface area contributed by atoms with Crippen LogP contribution in [0.5, 0.6) is 5.75 Å². The molecule has 1 aliphatic rings. The van der Waals surface area contributed by atoms with Crippen molar-refractivity contribution in [1.29, 1.82) is 0 Å². The number of hydrogen-bond donors (Lipinski definition) is 2. The van der Waals surface area contributed by atoms with E-state index in [9.17, 15) is 0 Å². The zero-order chi connectivity index (χ0) is 13.5. The summed E-state index contributed by atoms with van der Waals surface area (Å²) in [5.74, 6) is 2.34. The Morgan fingerprint density at radius 2 is 2.26 bits per heavy atom. The van der Waals surface area contributed by atoms with Crippen molar-refractivity contribution in [3.63, 3.8) is 0 Å². The minimum atomic E-state index is 0.307. The van der Waals surface area contributed by atoms with Crippen LogP contribution in [0.25, 0.3) is 0 Å². The Morgan fingerprint density at radius 3 is 2.95 bits per heavy atom. The summed E-state index contributed by atoms with van der Waals surface area (Å²) in [5, 5.41) is 3.49. The molecule has 0 spiro atoms. The minimum absolute atomic E-state index is 0.307. The van der Waals surface area contributed by atoms with E-state index in [0.29, 0.717) is 18.5 Å². The van der Waals surface area contributed by atoms with Crippen molar-refractivity contribution >= 4 is 5.82 Å². The maximum absolute atomic E-state index is 5.92. The van der Waals surface area contributed by atoms with Crippen LogP contribution in [-0.2, 0) is 0 Å². The third-order valence-corrected chi connectivity index (χ3v) is 3.78. The van der Waals surface area contributed by atoms with E-state index in [0.717, 1.165) is 24.6 Å². The molecule has 3 N–H and O–H groups in total. The average Bonchev–Trinajstić information content (AvgIpc) is 2.97. The van der Waals surface area contributed by atoms with Crippen molar-refractivity contribution in [2.75, 3.05) is 18.5 Å². The summed E-state index contributed by atoms with van der Waals surface area (Å²) in [7, 11) is 0. The van der Waals surface area contributed by atoms with Crippen LogP contribution in [-0.4, -0.2) is 24.2 Å². The minimum Gasteiger partial charge on any atom is -0.490 e. The molecule has 4 nitrogen and oxygen atoms in total. The fraction of sp³-hybridized carbons (Fsp3) is 0.667. The maximum Gasteiger partial charge on any atom is 0.169 e. The molecule has 1 aliphatic carbocycles. The van der Waals surface area contributed by atoms with Gasteiger partial charge in [0, 0.05) is 18.8 Å². The lowest BCUT2D eigenvalue weighted by Crippen LogP contribution is -2.35. The molecule has 19 heavy (non-hydrogen) atoms. The highest BCUT2D eigenvalue weighted by atomic mass is 16.5. The molecule has 1 unspecified atom stereocenters. The normalized spacial score (nSPS) is 17.4. The summed E-state index contributed by atoms with van der Waals surface area (Å²) in [6, 6.07) is 4.18. The van der Waals surface area contributed by atoms with Crippen LogP contribution in [0.15, 0.2) is 18.3 Å². The van der Waals surface area contributed by atoms with E-state index in [2.05, 4.69) is 17.2 Å². The Kier molecular flexibility index (Phi) is 5.45. The first-order valence-corrected chi connectivity index (χ1v) is 7.39. The van der Waals surface area contributed by atoms with Gasteiger partial charge < -0.3 is 15.8 Å². The van der Waals surface area contributed by atoms with Crippen LogP contribution < -0.4 is 15.8 Å². The zero-order valence-electron chi connectivity index (χ0n) is 11.8. The second-order valence-corrected chi connectivity index (χ2v) is 5.23. The van der Waals surface area contributed by atoms with E-state index < -0.39 is 0 Å². The first-order chi connectivity index (χ1) is 9.35. The topological polar surface area (TPSA) is 60.2 Å². The van der Waals surface area contributed by atoms with Crippen molar-refractivity contribution in [3.05, 3.63) is 18.3 Å². The average molecular weight is 263 g/mol. The summed E-state index contributed by atoms with van der Waals surface area (Å²) < 4.78 is 5.73. The van der Waals surface area contributed by atoms with Crippen LogP contribution in [0.4, 0.5) is 5.82 Å². The van der Waals surface area contributed by atoms with Gasteiger partial charge in [0.15, 0.2) is 11.6 Å². The molecule has 1 aromatic rings. The number of nitrogens with zero attached hydrogens (tertiary/aromatic N) is 1. The summed E-state index contributed by atoms with van der Waals surface area (Å²) in [5.41, 5.74) is 5.92. The predicted molar refractivity (Wildman–Crippen MR) is 78.4 cm³/mol. The van der Waals surface area contributed by atoms with Crippen LogP contribution in [0, 0.1) is 5.92 Å². The van der Waals surface area contributed by atoms with E-state index in [1.54, 1.807) is 6.20 Å². The van der Waals surface area contributed by atoms with E-state index in [1.165, 1.54) is 25.7 Å². The number of ether oxygens (including phenoxy) is 1. The van der Waals surface area contributed by atoms with Crippen molar-refractivity contribution in [3.8, 4) is 5.75 Å². The van der Waals surface area contributed by atoms with Crippen molar-refractivity contribution in [1.82, 2.24) is 4.98 Å². The molecule has 106 valence electrons. The highest BCUT2D eigenvalue weighted by molar-refractivity contribution is 5.50. The molecule has 0 saturated heterocycles. The number of nitrogens with one attached hydrogen (secondary N) is 1. The second kappa shape index (κ2) is 7.34. The summed E-state index contributed by atoms with van der Waals surface area (Å²) in [6.45, 7) is 3.47. The molecule has 0 aromatic carbocycles. The first-order valence-electron chi connectivity index (χ1n) is 7.39. The molecule has 2 rings (SSSR count). The molecule has 1 saturated carbocycles. The number of aromatic nitrogens is 1. The third-order valence-electron chi connectivity index (χ3n) is 3.78. The lowest BCUT2D eigenvalue weighted by molar-refractivity contribution is 0.317. The van der Waals surface area contributed by atoms with Crippen molar-refractivity contribution in [2.24, 2.45) is 11.7 Å². The molecule has 0 bridgehead atoms. The molecule has 0 amide bonds. The van der Waals surface area contributed by atoms with Gasteiger partial charge in [-0.1, -0.05) is 19.8 Å². The van der Waals surface area contributed by atoms with E-state index >= 15 is 0 Å². The smallest absolute Gasteiger partial charge is 0.169 e. The van der Waals surface area contributed by atoms with Gasteiger partial charge in [0.25, 0.3) is 0 Å². The standard InChI is InChI=1S/C15H25N3O/c1-2-10-19-14-8-5-9-17-15(14)18-13(11-16)12-6-3-4-7-12/h5,8-9,12-13H,2-4,6-7,10-11,16H2,1H3,(H,17,18). The predicted octanol–water partition coefficient (Wildman–Crippen LogP) is 2.80. The SMILES string of the molecule is CCCOc1cccnc1NC(CN)C1CCCC1. The summed E-state index contributed by atoms with van der Waals surface area (Å²) in [6.07, 6.45) is 7.98. The zero-order valence-corrected chi connectivity index (χ0v) is 11.8. The Balaban J connectivity index is 2.03. The van der Waals surface area contributed by atoms with Gasteiger partial charge in [0.2, 0.25) is 0 Å². The Hall–Kier alpha value is -1.29. The van der Waals surface area contributed by atoms with Gasteiger partial charge in [-0.25, -0.2) is 4.98 Å². The largest absolute Gasteiger partial charge is 0.490 e. The lowest BCUT2D eigenvalue weighted by atomic mass is 9.98. The van der Waals surface area contributed by atoms with Gasteiger partial charge in [0.1, 0.15) is 0 Å². The molecule has 0 radical (unpaired) electrons. The highest BCUT2D eigenvalue weighted by Gasteiger charge is 2.24. The highest BCUT2D eigenvalue weighted by Crippen LogP contribution is 2.30. The van der Waals surface area contributed by atoms with Gasteiger partial charge in [0.05, 0.1) is 6.61 Å². The van der Waals surface area contributed by atoms with Gasteiger partial charge in [-0.15, -0.1) is 0 Å². The fourth-order valence-corrected chi connectivity index (χ4v) is 2.73. The van der Waals surface area contributed by atoms with Crippen LogP contribution in [0.1, 0.15) is 39.0 Å². The van der Waals surface area contributed by atoms with Crippen LogP contribution >= 0.6 is 0 Å². The third kappa shape index (κ3) is 3.83. The van der Waals surface area contributed by atoms with Crippen molar-refractivity contribution in [2.45, 2.75) is 45.1 Å². The molecule has 1 atom stereocenters. The van der Waals surface area contributed by atoms with E-state index in [1.807, 2.05) is 12.1 Å². The number of pyridine rings is 1. The number of rotatable bonds is 7. The number of anilines is 1. The van der Waals surface area contributed by atoms with Crippen LogP contribution in [0.3, 0.4) is 0 Å². The molecular formula is C15H25N3O. The van der Waals surface area contributed by atoms with Gasteiger partial charge in [-0.2, -0.15) is 0 Å². The second-order valence-electron chi connectivity index (χ2n) is 5.23. The molecule has 1 fully saturated rings. The number of hydrogen-bond acceptors (Lipinski definition) is 4. The molecule has 4 heteroatoms. The molecule has 1 heterocycles. The first kappa shape index (κ1) is 14.1. The summed E-state index contributed by atoms with van der Waals surface area (Å²) >= 11 is 0. The summed E-state index contributed by atoms with van der Waals surface area (Å²) in [4.78, 5) is 4.40. The van der Waals surface area contributed by atoms with E-state index in [-0.39, 0.29) is 0 Å². The Labute approximate surface area is 115 Å². The van der Waals surface area contributed by atoms with Gasteiger partial charge >= 0.3 is 0 Å². The van der Waals surface area contributed by atoms with Gasteiger partial charge in [-0.05, 0) is 37.3 Å². The van der Waals surface area contributed by atoms with E-state index in [4.69, 9.17) is 10.5 Å².